The van der Waals surface area contributed by atoms with Crippen LogP contribution in [0.1, 0.15) is 21.7 Å². The van der Waals surface area contributed by atoms with Gasteiger partial charge in [0.05, 0.1) is 4.88 Å². The third kappa shape index (κ3) is 3.94. The first-order valence-corrected chi connectivity index (χ1v) is 8.65. The van der Waals surface area contributed by atoms with Crippen molar-refractivity contribution in [1.82, 2.24) is 10.2 Å². The standard InChI is InChI=1S/C18H22N2OS.ClH/c1-13-3-5-15(6-4-13)16-8-10-22-17(16)18(21)20-9-7-14(12-20)11-19-2;/h3-6,8,10,14,19H,7,9,11-12H2,1-2H3;1H. The predicted molar refractivity (Wildman–Crippen MR) is 99.7 cm³/mol. The molecule has 2 aromatic rings. The number of nitrogens with one attached hydrogen (secondary N) is 1. The number of benzene rings is 1. The number of halogens is 1. The molecule has 0 spiro atoms. The molecule has 1 aliphatic rings. The molecule has 0 saturated carbocycles. The number of carbonyl (C=O) groups excluding carboxylic acids is 1. The third-order valence-corrected chi connectivity index (χ3v) is 5.19. The summed E-state index contributed by atoms with van der Waals surface area (Å²) >= 11 is 1.55. The fourth-order valence-electron chi connectivity index (χ4n) is 3.05. The van der Waals surface area contributed by atoms with Crippen molar-refractivity contribution in [2.45, 2.75) is 13.3 Å². The van der Waals surface area contributed by atoms with E-state index in [-0.39, 0.29) is 18.3 Å². The normalized spacial score (nSPS) is 17.1. The monoisotopic (exact) mass is 350 g/mol. The van der Waals surface area contributed by atoms with Crippen molar-refractivity contribution in [3.05, 3.63) is 46.2 Å². The zero-order valence-corrected chi connectivity index (χ0v) is 15.2. The lowest BCUT2D eigenvalue weighted by molar-refractivity contribution is 0.0792. The maximum absolute atomic E-state index is 12.8. The molecule has 1 aromatic carbocycles. The molecule has 5 heteroatoms. The molecule has 3 nitrogen and oxygen atoms in total. The number of amides is 1. The van der Waals surface area contributed by atoms with Crippen molar-refractivity contribution in [1.29, 1.82) is 0 Å². The van der Waals surface area contributed by atoms with Gasteiger partial charge in [-0.2, -0.15) is 0 Å². The summed E-state index contributed by atoms with van der Waals surface area (Å²) in [5.41, 5.74) is 3.43. The molecular formula is C18H23ClN2OS. The quantitative estimate of drug-likeness (QED) is 0.908. The van der Waals surface area contributed by atoms with Crippen molar-refractivity contribution >= 4 is 29.7 Å². The number of aryl methyl sites for hydroxylation is 1. The van der Waals surface area contributed by atoms with Crippen LogP contribution in [0, 0.1) is 12.8 Å². The second-order valence-corrected chi connectivity index (χ2v) is 6.91. The van der Waals surface area contributed by atoms with Gasteiger partial charge in [-0.15, -0.1) is 23.7 Å². The van der Waals surface area contributed by atoms with E-state index < -0.39 is 0 Å². The number of thiophene rings is 1. The summed E-state index contributed by atoms with van der Waals surface area (Å²) in [7, 11) is 1.97. The summed E-state index contributed by atoms with van der Waals surface area (Å²) in [6.07, 6.45) is 1.10. The molecule has 1 unspecified atom stereocenters. The van der Waals surface area contributed by atoms with Crippen molar-refractivity contribution in [3.8, 4) is 11.1 Å². The van der Waals surface area contributed by atoms with E-state index in [1.54, 1.807) is 11.3 Å². The Bertz CT molecular complexity index is 653. The van der Waals surface area contributed by atoms with Crippen LogP contribution in [0.2, 0.25) is 0 Å². The van der Waals surface area contributed by atoms with Gasteiger partial charge in [0, 0.05) is 18.7 Å². The van der Waals surface area contributed by atoms with Gasteiger partial charge in [-0.3, -0.25) is 4.79 Å². The van der Waals surface area contributed by atoms with Crippen molar-refractivity contribution < 1.29 is 4.79 Å². The zero-order valence-electron chi connectivity index (χ0n) is 13.5. The minimum atomic E-state index is 0. The molecule has 0 radical (unpaired) electrons. The number of likely N-dealkylation sites (tertiary alicyclic amines) is 1. The summed E-state index contributed by atoms with van der Waals surface area (Å²) < 4.78 is 0. The summed E-state index contributed by atoms with van der Waals surface area (Å²) in [5, 5.41) is 5.23. The highest BCUT2D eigenvalue weighted by Crippen LogP contribution is 2.31. The Morgan fingerprint density at radius 3 is 2.74 bits per heavy atom. The first-order chi connectivity index (χ1) is 10.7. The van der Waals surface area contributed by atoms with Gasteiger partial charge < -0.3 is 10.2 Å². The van der Waals surface area contributed by atoms with Crippen LogP contribution in [0.25, 0.3) is 11.1 Å². The van der Waals surface area contributed by atoms with Gasteiger partial charge in [0.1, 0.15) is 0 Å². The highest BCUT2D eigenvalue weighted by molar-refractivity contribution is 7.12. The summed E-state index contributed by atoms with van der Waals surface area (Å²) in [6, 6.07) is 10.5. The Labute approximate surface area is 148 Å². The van der Waals surface area contributed by atoms with Crippen molar-refractivity contribution in [3.63, 3.8) is 0 Å². The van der Waals surface area contributed by atoms with Crippen LogP contribution in [0.15, 0.2) is 35.7 Å². The van der Waals surface area contributed by atoms with Crippen molar-refractivity contribution in [2.75, 3.05) is 26.7 Å². The molecule has 1 saturated heterocycles. The molecule has 1 N–H and O–H groups in total. The van der Waals surface area contributed by atoms with Gasteiger partial charge in [-0.25, -0.2) is 0 Å². The predicted octanol–water partition coefficient (Wildman–Crippen LogP) is 3.83. The molecule has 124 valence electrons. The van der Waals surface area contributed by atoms with E-state index in [0.29, 0.717) is 5.92 Å². The van der Waals surface area contributed by atoms with Gasteiger partial charge in [-0.1, -0.05) is 29.8 Å². The fourth-order valence-corrected chi connectivity index (χ4v) is 3.93. The molecule has 1 amide bonds. The molecule has 0 bridgehead atoms. The second-order valence-electron chi connectivity index (χ2n) is 5.99. The smallest absolute Gasteiger partial charge is 0.264 e. The Hall–Kier alpha value is -1.36. The summed E-state index contributed by atoms with van der Waals surface area (Å²) in [6.45, 7) is 4.80. The lowest BCUT2D eigenvalue weighted by atomic mass is 10.0. The van der Waals surface area contributed by atoms with E-state index >= 15 is 0 Å². The van der Waals surface area contributed by atoms with Gasteiger partial charge in [0.25, 0.3) is 5.91 Å². The summed E-state index contributed by atoms with van der Waals surface area (Å²) in [5.74, 6) is 0.765. The Morgan fingerprint density at radius 1 is 1.30 bits per heavy atom. The average molecular weight is 351 g/mol. The van der Waals surface area contributed by atoms with Gasteiger partial charge >= 0.3 is 0 Å². The maximum atomic E-state index is 12.8. The van der Waals surface area contributed by atoms with Crippen LogP contribution in [0.5, 0.6) is 0 Å². The minimum absolute atomic E-state index is 0. The van der Waals surface area contributed by atoms with E-state index in [4.69, 9.17) is 0 Å². The SMILES string of the molecule is CNCC1CCN(C(=O)c2sccc2-c2ccc(C)cc2)C1.Cl. The Balaban J connectivity index is 0.00000192. The number of carbonyl (C=O) groups is 1. The molecule has 3 rings (SSSR count). The van der Waals surface area contributed by atoms with Crippen LogP contribution < -0.4 is 5.32 Å². The Kier molecular flexibility index (Phi) is 6.22. The van der Waals surface area contributed by atoms with Crippen LogP contribution >= 0.6 is 23.7 Å². The first kappa shape index (κ1) is 18.0. The fraction of sp³-hybridized carbons (Fsp3) is 0.389. The highest BCUT2D eigenvalue weighted by atomic mass is 35.5. The van der Waals surface area contributed by atoms with E-state index in [1.807, 2.05) is 17.3 Å². The molecule has 1 atom stereocenters. The average Bonchev–Trinajstić information content (AvgIpc) is 3.17. The molecule has 1 fully saturated rings. The zero-order chi connectivity index (χ0) is 15.5. The third-order valence-electron chi connectivity index (χ3n) is 4.29. The summed E-state index contributed by atoms with van der Waals surface area (Å²) in [4.78, 5) is 15.7. The van der Waals surface area contributed by atoms with Crippen molar-refractivity contribution in [2.24, 2.45) is 5.92 Å². The van der Waals surface area contributed by atoms with Gasteiger partial charge in [-0.05, 0) is 49.9 Å². The lowest BCUT2D eigenvalue weighted by Gasteiger charge is -2.17. The van der Waals surface area contributed by atoms with E-state index in [9.17, 15) is 4.79 Å². The molecule has 1 aliphatic heterocycles. The maximum Gasteiger partial charge on any atom is 0.264 e. The van der Waals surface area contributed by atoms with Gasteiger partial charge in [0.2, 0.25) is 0 Å². The van der Waals surface area contributed by atoms with E-state index in [2.05, 4.69) is 42.6 Å². The second kappa shape index (κ2) is 7.95. The lowest BCUT2D eigenvalue weighted by Crippen LogP contribution is -2.30. The van der Waals surface area contributed by atoms with Crippen LogP contribution in [0.3, 0.4) is 0 Å². The van der Waals surface area contributed by atoms with Crippen LogP contribution in [0.4, 0.5) is 0 Å². The molecule has 23 heavy (non-hydrogen) atoms. The number of rotatable bonds is 4. The van der Waals surface area contributed by atoms with Crippen LogP contribution in [-0.2, 0) is 0 Å². The molecule has 2 heterocycles. The largest absolute Gasteiger partial charge is 0.338 e. The Morgan fingerprint density at radius 2 is 2.04 bits per heavy atom. The molecule has 1 aromatic heterocycles. The van der Waals surface area contributed by atoms with E-state index in [0.717, 1.165) is 42.1 Å². The topological polar surface area (TPSA) is 32.3 Å². The first-order valence-electron chi connectivity index (χ1n) is 7.77. The van der Waals surface area contributed by atoms with E-state index in [1.165, 1.54) is 5.56 Å². The number of hydrogen-bond acceptors (Lipinski definition) is 3. The molecular weight excluding hydrogens is 328 g/mol. The number of nitrogens with zero attached hydrogens (tertiary/aromatic N) is 1. The van der Waals surface area contributed by atoms with Crippen LogP contribution in [-0.4, -0.2) is 37.5 Å². The minimum Gasteiger partial charge on any atom is -0.338 e. The van der Waals surface area contributed by atoms with Gasteiger partial charge in [0.15, 0.2) is 0 Å². The highest BCUT2D eigenvalue weighted by Gasteiger charge is 2.28. The molecule has 0 aliphatic carbocycles. The number of hydrogen-bond donors (Lipinski definition) is 1.